The maximum absolute atomic E-state index is 5.57. The van der Waals surface area contributed by atoms with Crippen LogP contribution in [0, 0.1) is 13.8 Å². The largest absolute Gasteiger partial charge is 0.465 e. The van der Waals surface area contributed by atoms with Crippen molar-refractivity contribution in [1.82, 2.24) is 10.2 Å². The Kier molecular flexibility index (Phi) is 4.99. The quantitative estimate of drug-likeness (QED) is 0.874. The summed E-state index contributed by atoms with van der Waals surface area (Å²) in [4.78, 5) is 2.24. The van der Waals surface area contributed by atoms with E-state index in [2.05, 4.69) is 55.5 Å². The molecule has 2 rings (SSSR count). The first-order valence-electron chi connectivity index (χ1n) is 7.05. The third kappa shape index (κ3) is 3.95. The van der Waals surface area contributed by atoms with Gasteiger partial charge in [0, 0.05) is 12.6 Å². The normalized spacial score (nSPS) is 12.8. The van der Waals surface area contributed by atoms with Crippen LogP contribution in [0.5, 0.6) is 0 Å². The molecule has 1 aromatic heterocycles. The Labute approximate surface area is 121 Å². The smallest absolute Gasteiger partial charge is 0.117 e. The van der Waals surface area contributed by atoms with Gasteiger partial charge in [-0.05, 0) is 45.6 Å². The third-order valence-corrected chi connectivity index (χ3v) is 3.52. The molecule has 1 N–H and O–H groups in total. The van der Waals surface area contributed by atoms with E-state index in [1.807, 2.05) is 19.1 Å². The fraction of sp³-hybridized carbons (Fsp3) is 0.412. The number of benzene rings is 1. The van der Waals surface area contributed by atoms with Crippen LogP contribution < -0.4 is 5.32 Å². The Morgan fingerprint density at radius 2 is 1.75 bits per heavy atom. The van der Waals surface area contributed by atoms with Crippen molar-refractivity contribution < 1.29 is 4.42 Å². The van der Waals surface area contributed by atoms with Crippen LogP contribution in [0.3, 0.4) is 0 Å². The lowest BCUT2D eigenvalue weighted by Gasteiger charge is -2.25. The van der Waals surface area contributed by atoms with Crippen molar-refractivity contribution in [2.45, 2.75) is 26.4 Å². The lowest BCUT2D eigenvalue weighted by atomic mass is 10.0. The highest BCUT2D eigenvalue weighted by Crippen LogP contribution is 2.18. The van der Waals surface area contributed by atoms with Gasteiger partial charge in [-0.3, -0.25) is 0 Å². The molecule has 0 radical (unpaired) electrons. The van der Waals surface area contributed by atoms with Gasteiger partial charge in [-0.1, -0.05) is 29.8 Å². The summed E-state index contributed by atoms with van der Waals surface area (Å²) < 4.78 is 5.57. The lowest BCUT2D eigenvalue weighted by molar-refractivity contribution is 0.285. The molecule has 0 aliphatic heterocycles. The minimum absolute atomic E-state index is 0.367. The van der Waals surface area contributed by atoms with Gasteiger partial charge in [0.15, 0.2) is 0 Å². The molecule has 3 heteroatoms. The maximum Gasteiger partial charge on any atom is 0.117 e. The number of hydrogen-bond donors (Lipinski definition) is 1. The fourth-order valence-electron chi connectivity index (χ4n) is 2.30. The molecule has 1 atom stereocenters. The van der Waals surface area contributed by atoms with E-state index < -0.39 is 0 Å². The van der Waals surface area contributed by atoms with Crippen molar-refractivity contribution in [3.63, 3.8) is 0 Å². The Morgan fingerprint density at radius 3 is 2.30 bits per heavy atom. The number of hydrogen-bond acceptors (Lipinski definition) is 3. The molecule has 0 bridgehead atoms. The van der Waals surface area contributed by atoms with Gasteiger partial charge in [-0.25, -0.2) is 0 Å². The van der Waals surface area contributed by atoms with Crippen LogP contribution in [0.15, 0.2) is 40.8 Å². The molecule has 0 fully saturated rings. The lowest BCUT2D eigenvalue weighted by Crippen LogP contribution is -2.30. The molecule has 0 saturated heterocycles. The maximum atomic E-state index is 5.57. The zero-order valence-corrected chi connectivity index (χ0v) is 12.8. The minimum Gasteiger partial charge on any atom is -0.465 e. The van der Waals surface area contributed by atoms with Crippen LogP contribution in [-0.4, -0.2) is 25.5 Å². The zero-order valence-electron chi connectivity index (χ0n) is 12.8. The number of nitrogens with zero attached hydrogens (tertiary/aromatic N) is 1. The van der Waals surface area contributed by atoms with Crippen LogP contribution in [0.4, 0.5) is 0 Å². The Bertz CT molecular complexity index is 528. The fourth-order valence-corrected chi connectivity index (χ4v) is 2.30. The van der Waals surface area contributed by atoms with Gasteiger partial charge in [-0.15, -0.1) is 0 Å². The van der Waals surface area contributed by atoms with E-state index in [9.17, 15) is 0 Å². The second-order valence-electron chi connectivity index (χ2n) is 5.53. The first-order valence-corrected chi connectivity index (χ1v) is 7.05. The summed E-state index contributed by atoms with van der Waals surface area (Å²) >= 11 is 0. The van der Waals surface area contributed by atoms with Crippen LogP contribution >= 0.6 is 0 Å². The van der Waals surface area contributed by atoms with E-state index in [0.29, 0.717) is 6.04 Å². The highest BCUT2D eigenvalue weighted by Gasteiger charge is 2.13. The van der Waals surface area contributed by atoms with E-state index in [-0.39, 0.29) is 0 Å². The molecule has 20 heavy (non-hydrogen) atoms. The van der Waals surface area contributed by atoms with E-state index in [1.54, 1.807) is 0 Å². The van der Waals surface area contributed by atoms with Gasteiger partial charge in [0.2, 0.25) is 0 Å². The van der Waals surface area contributed by atoms with Crippen molar-refractivity contribution in [3.05, 3.63) is 59.0 Å². The number of furan rings is 1. The number of aryl methyl sites for hydroxylation is 2. The van der Waals surface area contributed by atoms with Gasteiger partial charge in [-0.2, -0.15) is 0 Å². The first kappa shape index (κ1) is 14.8. The van der Waals surface area contributed by atoms with Gasteiger partial charge in [0.25, 0.3) is 0 Å². The average Bonchev–Trinajstić information content (AvgIpc) is 2.81. The molecule has 0 aliphatic rings. The predicted molar refractivity (Wildman–Crippen MR) is 82.8 cm³/mol. The number of likely N-dealkylation sites (N-methyl/N-ethyl adjacent to an activating group) is 1. The SMILES string of the molecule is Cc1ccc(C(CNCc2ccc(C)o2)N(C)C)cc1. The Hall–Kier alpha value is -1.58. The summed E-state index contributed by atoms with van der Waals surface area (Å²) in [5.74, 6) is 1.95. The molecule has 0 spiro atoms. The third-order valence-electron chi connectivity index (χ3n) is 3.52. The molecule has 0 saturated carbocycles. The predicted octanol–water partition coefficient (Wildman–Crippen LogP) is 3.29. The summed E-state index contributed by atoms with van der Waals surface area (Å²) in [5.41, 5.74) is 2.63. The van der Waals surface area contributed by atoms with Gasteiger partial charge < -0.3 is 14.6 Å². The zero-order chi connectivity index (χ0) is 14.5. The average molecular weight is 272 g/mol. The van der Waals surface area contributed by atoms with E-state index in [1.165, 1.54) is 11.1 Å². The van der Waals surface area contributed by atoms with Crippen molar-refractivity contribution in [2.75, 3.05) is 20.6 Å². The Balaban J connectivity index is 1.94. The van der Waals surface area contributed by atoms with Crippen LogP contribution in [0.2, 0.25) is 0 Å². The monoisotopic (exact) mass is 272 g/mol. The molecule has 1 unspecified atom stereocenters. The van der Waals surface area contributed by atoms with Gasteiger partial charge >= 0.3 is 0 Å². The van der Waals surface area contributed by atoms with E-state index >= 15 is 0 Å². The molecule has 1 aromatic carbocycles. The van der Waals surface area contributed by atoms with Crippen LogP contribution in [0.25, 0.3) is 0 Å². The molecule has 0 amide bonds. The second-order valence-corrected chi connectivity index (χ2v) is 5.53. The Morgan fingerprint density at radius 1 is 1.05 bits per heavy atom. The molecule has 3 nitrogen and oxygen atoms in total. The summed E-state index contributed by atoms with van der Waals surface area (Å²) in [5, 5.41) is 3.47. The summed E-state index contributed by atoms with van der Waals surface area (Å²) in [6.45, 7) is 5.75. The molecule has 2 aromatic rings. The van der Waals surface area contributed by atoms with Gasteiger partial charge in [0.1, 0.15) is 11.5 Å². The topological polar surface area (TPSA) is 28.4 Å². The van der Waals surface area contributed by atoms with Crippen molar-refractivity contribution >= 4 is 0 Å². The summed E-state index contributed by atoms with van der Waals surface area (Å²) in [6, 6.07) is 13.1. The van der Waals surface area contributed by atoms with Crippen molar-refractivity contribution in [2.24, 2.45) is 0 Å². The number of rotatable bonds is 6. The molecular formula is C17H24N2O. The molecule has 1 heterocycles. The van der Waals surface area contributed by atoms with E-state index in [0.717, 1.165) is 24.6 Å². The van der Waals surface area contributed by atoms with E-state index in [4.69, 9.17) is 4.42 Å². The van der Waals surface area contributed by atoms with Crippen LogP contribution in [0.1, 0.15) is 28.7 Å². The van der Waals surface area contributed by atoms with Crippen molar-refractivity contribution in [1.29, 1.82) is 0 Å². The second kappa shape index (κ2) is 6.73. The first-order chi connectivity index (χ1) is 9.56. The minimum atomic E-state index is 0.367. The number of nitrogens with one attached hydrogen (secondary N) is 1. The molecule has 0 aliphatic carbocycles. The highest BCUT2D eigenvalue weighted by molar-refractivity contribution is 5.24. The summed E-state index contributed by atoms with van der Waals surface area (Å²) in [6.07, 6.45) is 0. The van der Waals surface area contributed by atoms with Crippen LogP contribution in [-0.2, 0) is 6.54 Å². The molecule has 108 valence electrons. The van der Waals surface area contributed by atoms with Crippen molar-refractivity contribution in [3.8, 4) is 0 Å². The molecular weight excluding hydrogens is 248 g/mol. The highest BCUT2D eigenvalue weighted by atomic mass is 16.3. The summed E-state index contributed by atoms with van der Waals surface area (Å²) in [7, 11) is 4.23. The van der Waals surface area contributed by atoms with Gasteiger partial charge in [0.05, 0.1) is 6.54 Å². The standard InChI is InChI=1S/C17H24N2O/c1-13-5-8-15(9-6-13)17(19(3)4)12-18-11-16-10-7-14(2)20-16/h5-10,17-18H,11-12H2,1-4H3.